The van der Waals surface area contributed by atoms with Gasteiger partial charge in [0.05, 0.1) is 13.2 Å². The Morgan fingerprint density at radius 3 is 2.63 bits per heavy atom. The van der Waals surface area contributed by atoms with E-state index in [0.717, 1.165) is 38.2 Å². The molecule has 0 amide bonds. The molecule has 2 N–H and O–H groups in total. The van der Waals surface area contributed by atoms with Gasteiger partial charge in [0, 0.05) is 24.8 Å². The standard InChI is InChI=1S/C23H32N2O2/c1-27-22-14-6-5-12-20(22)18-24-21-13-9-16-25(15-7-8-17-26)23(21)19-10-3-2-4-11-19/h2-6,10-12,14,21,23-24,26H,7-9,13,15-18H2,1H3/t21-,23-/m1/s1. The maximum Gasteiger partial charge on any atom is 0.123 e. The molecule has 0 aliphatic carbocycles. The lowest BCUT2D eigenvalue weighted by Crippen LogP contribution is -2.48. The van der Waals surface area contributed by atoms with Crippen molar-refractivity contribution in [1.82, 2.24) is 10.2 Å². The van der Waals surface area contributed by atoms with Crippen molar-refractivity contribution in [3.05, 3.63) is 65.7 Å². The molecular weight excluding hydrogens is 336 g/mol. The maximum atomic E-state index is 9.15. The van der Waals surface area contributed by atoms with Crippen LogP contribution < -0.4 is 10.1 Å². The fourth-order valence-electron chi connectivity index (χ4n) is 4.14. The van der Waals surface area contributed by atoms with Crippen LogP contribution in [0.4, 0.5) is 0 Å². The second-order valence-electron chi connectivity index (χ2n) is 7.26. The van der Waals surface area contributed by atoms with E-state index in [1.54, 1.807) is 7.11 Å². The molecule has 1 saturated heterocycles. The average molecular weight is 369 g/mol. The van der Waals surface area contributed by atoms with Crippen LogP contribution in [0.2, 0.25) is 0 Å². The summed E-state index contributed by atoms with van der Waals surface area (Å²) in [4.78, 5) is 2.59. The molecule has 2 atom stereocenters. The first-order valence-corrected chi connectivity index (χ1v) is 10.1. The zero-order valence-electron chi connectivity index (χ0n) is 16.3. The number of likely N-dealkylation sites (tertiary alicyclic amines) is 1. The molecule has 1 aliphatic heterocycles. The fourth-order valence-corrected chi connectivity index (χ4v) is 4.14. The Balaban J connectivity index is 1.74. The van der Waals surface area contributed by atoms with Crippen LogP contribution in [0.1, 0.15) is 42.9 Å². The van der Waals surface area contributed by atoms with Crippen LogP contribution in [0.25, 0.3) is 0 Å². The maximum absolute atomic E-state index is 9.15. The summed E-state index contributed by atoms with van der Waals surface area (Å²) in [5.41, 5.74) is 2.57. The number of hydrogen-bond donors (Lipinski definition) is 2. The van der Waals surface area contributed by atoms with E-state index >= 15 is 0 Å². The van der Waals surface area contributed by atoms with Crippen LogP contribution in [0.5, 0.6) is 5.75 Å². The van der Waals surface area contributed by atoms with Gasteiger partial charge >= 0.3 is 0 Å². The molecule has 0 saturated carbocycles. The van der Waals surface area contributed by atoms with Gasteiger partial charge in [-0.2, -0.15) is 0 Å². The van der Waals surface area contributed by atoms with Gasteiger partial charge in [-0.25, -0.2) is 0 Å². The number of aliphatic hydroxyl groups is 1. The van der Waals surface area contributed by atoms with Crippen LogP contribution in [0, 0.1) is 0 Å². The lowest BCUT2D eigenvalue weighted by atomic mass is 9.89. The van der Waals surface area contributed by atoms with E-state index in [2.05, 4.69) is 52.7 Å². The third-order valence-electron chi connectivity index (χ3n) is 5.48. The van der Waals surface area contributed by atoms with E-state index in [0.29, 0.717) is 12.1 Å². The number of aliphatic hydroxyl groups excluding tert-OH is 1. The van der Waals surface area contributed by atoms with E-state index in [1.807, 2.05) is 12.1 Å². The Hall–Kier alpha value is -1.88. The number of nitrogens with one attached hydrogen (secondary N) is 1. The van der Waals surface area contributed by atoms with Crippen molar-refractivity contribution in [3.8, 4) is 5.75 Å². The average Bonchev–Trinajstić information content (AvgIpc) is 2.73. The van der Waals surface area contributed by atoms with Crippen LogP contribution in [-0.2, 0) is 6.54 Å². The summed E-state index contributed by atoms with van der Waals surface area (Å²) in [6.45, 7) is 3.24. The van der Waals surface area contributed by atoms with E-state index in [-0.39, 0.29) is 6.61 Å². The highest BCUT2D eigenvalue weighted by Gasteiger charge is 2.32. The number of piperidine rings is 1. The Labute approximate surface area is 163 Å². The molecule has 27 heavy (non-hydrogen) atoms. The van der Waals surface area contributed by atoms with Crippen molar-refractivity contribution < 1.29 is 9.84 Å². The van der Waals surface area contributed by atoms with E-state index in [1.165, 1.54) is 24.0 Å². The highest BCUT2D eigenvalue weighted by molar-refractivity contribution is 5.33. The SMILES string of the molecule is COc1ccccc1CN[C@@H]1CCCN(CCCCO)[C@@H]1c1ccccc1. The molecule has 146 valence electrons. The Kier molecular flexibility index (Phi) is 7.69. The molecule has 0 spiro atoms. The summed E-state index contributed by atoms with van der Waals surface area (Å²) in [6.07, 6.45) is 4.29. The number of methoxy groups -OCH3 is 1. The Morgan fingerprint density at radius 1 is 1.07 bits per heavy atom. The zero-order valence-corrected chi connectivity index (χ0v) is 16.3. The monoisotopic (exact) mass is 368 g/mol. The first kappa shape index (κ1) is 19.9. The number of benzene rings is 2. The van der Waals surface area contributed by atoms with Gasteiger partial charge in [0.1, 0.15) is 5.75 Å². The molecule has 0 unspecified atom stereocenters. The van der Waals surface area contributed by atoms with Crippen molar-refractivity contribution in [2.75, 3.05) is 26.8 Å². The van der Waals surface area contributed by atoms with Gasteiger partial charge in [0.15, 0.2) is 0 Å². The molecule has 0 aromatic heterocycles. The highest BCUT2D eigenvalue weighted by Crippen LogP contribution is 2.32. The van der Waals surface area contributed by atoms with Crippen LogP contribution >= 0.6 is 0 Å². The number of nitrogens with zero attached hydrogens (tertiary/aromatic N) is 1. The molecule has 1 heterocycles. The van der Waals surface area contributed by atoms with Crippen molar-refractivity contribution in [2.45, 2.75) is 44.3 Å². The fraction of sp³-hybridized carbons (Fsp3) is 0.478. The summed E-state index contributed by atoms with van der Waals surface area (Å²) in [5.74, 6) is 0.942. The molecule has 1 fully saturated rings. The Bertz CT molecular complexity index is 677. The van der Waals surface area contributed by atoms with Gasteiger partial charge in [-0.3, -0.25) is 4.90 Å². The molecular formula is C23H32N2O2. The van der Waals surface area contributed by atoms with E-state index in [4.69, 9.17) is 9.84 Å². The molecule has 4 heteroatoms. The zero-order chi connectivity index (χ0) is 18.9. The third kappa shape index (κ3) is 5.32. The predicted molar refractivity (Wildman–Crippen MR) is 110 cm³/mol. The van der Waals surface area contributed by atoms with Gasteiger partial charge in [-0.1, -0.05) is 48.5 Å². The molecule has 0 bridgehead atoms. The van der Waals surface area contributed by atoms with E-state index in [9.17, 15) is 0 Å². The lowest BCUT2D eigenvalue weighted by Gasteiger charge is -2.42. The number of rotatable bonds is 9. The normalized spacial score (nSPS) is 20.5. The van der Waals surface area contributed by atoms with Gasteiger partial charge in [0.25, 0.3) is 0 Å². The number of unbranched alkanes of at least 4 members (excludes halogenated alkanes) is 1. The summed E-state index contributed by atoms with van der Waals surface area (Å²) in [5, 5.41) is 13.0. The quantitative estimate of drug-likeness (QED) is 0.662. The molecule has 0 radical (unpaired) electrons. The van der Waals surface area contributed by atoms with Gasteiger partial charge < -0.3 is 15.2 Å². The largest absolute Gasteiger partial charge is 0.496 e. The van der Waals surface area contributed by atoms with Gasteiger partial charge in [-0.15, -0.1) is 0 Å². The topological polar surface area (TPSA) is 44.7 Å². The van der Waals surface area contributed by atoms with Crippen LogP contribution in [-0.4, -0.2) is 42.9 Å². The summed E-state index contributed by atoms with van der Waals surface area (Å²) >= 11 is 0. The minimum Gasteiger partial charge on any atom is -0.496 e. The number of hydrogen-bond acceptors (Lipinski definition) is 4. The van der Waals surface area contributed by atoms with Gasteiger partial charge in [-0.05, 0) is 50.4 Å². The number of ether oxygens (including phenoxy) is 1. The molecule has 1 aliphatic rings. The second kappa shape index (κ2) is 10.5. The van der Waals surface area contributed by atoms with Crippen molar-refractivity contribution in [3.63, 3.8) is 0 Å². The van der Waals surface area contributed by atoms with Crippen molar-refractivity contribution in [1.29, 1.82) is 0 Å². The summed E-state index contributed by atoms with van der Waals surface area (Å²) in [6, 6.07) is 19.8. The second-order valence-corrected chi connectivity index (χ2v) is 7.26. The molecule has 3 rings (SSSR count). The number of para-hydroxylation sites is 1. The van der Waals surface area contributed by atoms with E-state index < -0.39 is 0 Å². The summed E-state index contributed by atoms with van der Waals surface area (Å²) < 4.78 is 5.51. The third-order valence-corrected chi connectivity index (χ3v) is 5.48. The minimum atomic E-state index is 0.277. The van der Waals surface area contributed by atoms with Crippen molar-refractivity contribution in [2.24, 2.45) is 0 Å². The molecule has 2 aromatic carbocycles. The predicted octanol–water partition coefficient (Wildman–Crippen LogP) is 3.76. The highest BCUT2D eigenvalue weighted by atomic mass is 16.5. The van der Waals surface area contributed by atoms with Crippen LogP contribution in [0.15, 0.2) is 54.6 Å². The van der Waals surface area contributed by atoms with Gasteiger partial charge in [0.2, 0.25) is 0 Å². The lowest BCUT2D eigenvalue weighted by molar-refractivity contribution is 0.106. The first-order valence-electron chi connectivity index (χ1n) is 10.1. The minimum absolute atomic E-state index is 0.277. The molecule has 4 nitrogen and oxygen atoms in total. The van der Waals surface area contributed by atoms with Crippen molar-refractivity contribution >= 4 is 0 Å². The smallest absolute Gasteiger partial charge is 0.123 e. The molecule has 2 aromatic rings. The Morgan fingerprint density at radius 2 is 1.85 bits per heavy atom. The first-order chi connectivity index (χ1) is 13.3. The van der Waals surface area contributed by atoms with Crippen LogP contribution in [0.3, 0.4) is 0 Å². The summed E-state index contributed by atoms with van der Waals surface area (Å²) in [7, 11) is 1.73.